The van der Waals surface area contributed by atoms with Crippen molar-refractivity contribution in [2.45, 2.75) is 30.6 Å². The summed E-state index contributed by atoms with van der Waals surface area (Å²) in [5.41, 5.74) is 0. The van der Waals surface area contributed by atoms with Gasteiger partial charge in [0.2, 0.25) is 10.0 Å². The van der Waals surface area contributed by atoms with Crippen molar-refractivity contribution in [2.75, 3.05) is 26.0 Å². The number of carbonyl (C=O) groups is 1. The molecule has 0 atom stereocenters. The van der Waals surface area contributed by atoms with E-state index in [-0.39, 0.29) is 28.9 Å². The van der Waals surface area contributed by atoms with Gasteiger partial charge in [-0.05, 0) is 25.0 Å². The number of carbonyl (C=O) groups excluding carboxylic acids is 1. The maximum Gasteiger partial charge on any atom is 0.321 e. The van der Waals surface area contributed by atoms with Crippen LogP contribution in [0.5, 0.6) is 0 Å². The summed E-state index contributed by atoms with van der Waals surface area (Å²) in [4.78, 5) is 11.1. The Morgan fingerprint density at radius 2 is 1.67 bits per heavy atom. The molecule has 0 saturated heterocycles. The fraction of sp³-hybridized carbons (Fsp3) is 0.533. The zero-order valence-corrected chi connectivity index (χ0v) is 15.9. The summed E-state index contributed by atoms with van der Waals surface area (Å²) in [5.74, 6) is -0.738. The third-order valence-corrected chi connectivity index (χ3v) is 6.20. The second-order valence-corrected chi connectivity index (χ2v) is 9.61. The Kier molecular flexibility index (Phi) is 6.94. The van der Waals surface area contributed by atoms with Gasteiger partial charge in [-0.3, -0.25) is 4.79 Å². The topological polar surface area (TPSA) is 97.8 Å². The van der Waals surface area contributed by atoms with Gasteiger partial charge in [0.1, 0.15) is 11.4 Å². The van der Waals surface area contributed by atoms with Crippen molar-refractivity contribution in [2.24, 2.45) is 5.92 Å². The highest BCUT2D eigenvalue weighted by Crippen LogP contribution is 2.24. The van der Waals surface area contributed by atoms with Crippen LogP contribution in [0.2, 0.25) is 0 Å². The molecule has 0 spiro atoms. The number of sulfonamides is 1. The van der Waals surface area contributed by atoms with Gasteiger partial charge < -0.3 is 4.74 Å². The molecule has 0 bridgehead atoms. The fourth-order valence-corrected chi connectivity index (χ4v) is 5.26. The molecule has 7 nitrogen and oxygen atoms in total. The molecular formula is C15H23NO6S2. The monoisotopic (exact) mass is 377 g/mol. The van der Waals surface area contributed by atoms with Gasteiger partial charge in [-0.15, -0.1) is 0 Å². The number of benzene rings is 1. The summed E-state index contributed by atoms with van der Waals surface area (Å²) in [7, 11) is -7.91. The van der Waals surface area contributed by atoms with Gasteiger partial charge in [-0.2, -0.15) is 4.31 Å². The van der Waals surface area contributed by atoms with Gasteiger partial charge in [-0.1, -0.05) is 26.0 Å². The first kappa shape index (κ1) is 20.6. The number of nitrogens with zero attached hydrogens (tertiary/aromatic N) is 1. The SMILES string of the molecule is CCOC(=O)CN(CC(C)C)S(=O)(=O)c1ccccc1S(C)(=O)=O. The molecule has 0 aliphatic carbocycles. The van der Waals surface area contributed by atoms with Crippen molar-refractivity contribution >= 4 is 25.8 Å². The van der Waals surface area contributed by atoms with E-state index in [1.54, 1.807) is 20.8 Å². The quantitative estimate of drug-likeness (QED) is 0.633. The van der Waals surface area contributed by atoms with Gasteiger partial charge in [0.25, 0.3) is 0 Å². The van der Waals surface area contributed by atoms with Crippen molar-refractivity contribution in [3.63, 3.8) is 0 Å². The molecule has 0 amide bonds. The lowest BCUT2D eigenvalue weighted by molar-refractivity contribution is -0.143. The number of esters is 1. The second-order valence-electron chi connectivity index (χ2n) is 5.72. The van der Waals surface area contributed by atoms with E-state index in [1.165, 1.54) is 24.3 Å². The molecule has 0 radical (unpaired) electrons. The van der Waals surface area contributed by atoms with Crippen LogP contribution >= 0.6 is 0 Å². The molecule has 0 aliphatic heterocycles. The zero-order chi connectivity index (χ0) is 18.5. The van der Waals surface area contributed by atoms with Gasteiger partial charge in [-0.25, -0.2) is 16.8 Å². The van der Waals surface area contributed by atoms with Crippen LogP contribution in [0.3, 0.4) is 0 Å². The Balaban J connectivity index is 3.39. The highest BCUT2D eigenvalue weighted by Gasteiger charge is 2.31. The highest BCUT2D eigenvalue weighted by atomic mass is 32.2. The van der Waals surface area contributed by atoms with Crippen LogP contribution in [0, 0.1) is 5.92 Å². The number of hydrogen-bond donors (Lipinski definition) is 0. The minimum Gasteiger partial charge on any atom is -0.465 e. The first-order valence-corrected chi connectivity index (χ1v) is 10.8. The molecule has 1 aromatic rings. The maximum absolute atomic E-state index is 12.9. The molecule has 0 saturated carbocycles. The average molecular weight is 377 g/mol. The van der Waals surface area contributed by atoms with E-state index in [0.29, 0.717) is 0 Å². The van der Waals surface area contributed by atoms with E-state index in [0.717, 1.165) is 10.6 Å². The zero-order valence-electron chi connectivity index (χ0n) is 14.2. The van der Waals surface area contributed by atoms with Crippen LogP contribution in [0.25, 0.3) is 0 Å². The van der Waals surface area contributed by atoms with E-state index in [4.69, 9.17) is 4.74 Å². The summed E-state index contributed by atoms with van der Waals surface area (Å²) in [6, 6.07) is 5.36. The third kappa shape index (κ3) is 5.29. The first-order valence-electron chi connectivity index (χ1n) is 7.45. The molecule has 1 rings (SSSR count). The Labute approximate surface area is 143 Å². The highest BCUT2D eigenvalue weighted by molar-refractivity contribution is 7.93. The third-order valence-electron chi connectivity index (χ3n) is 3.05. The van der Waals surface area contributed by atoms with Crippen LogP contribution < -0.4 is 0 Å². The Bertz CT molecular complexity index is 784. The van der Waals surface area contributed by atoms with E-state index in [2.05, 4.69) is 0 Å². The number of sulfone groups is 1. The van der Waals surface area contributed by atoms with Gasteiger partial charge in [0.15, 0.2) is 9.84 Å². The summed E-state index contributed by atoms with van der Waals surface area (Å²) in [6.45, 7) is 4.96. The molecule has 0 aliphatic rings. The smallest absolute Gasteiger partial charge is 0.321 e. The van der Waals surface area contributed by atoms with Crippen LogP contribution in [0.4, 0.5) is 0 Å². The lowest BCUT2D eigenvalue weighted by Crippen LogP contribution is -2.39. The van der Waals surface area contributed by atoms with Crippen molar-refractivity contribution in [1.82, 2.24) is 4.31 Å². The van der Waals surface area contributed by atoms with Crippen molar-refractivity contribution in [3.8, 4) is 0 Å². The molecule has 9 heteroatoms. The molecule has 1 aromatic carbocycles. The summed E-state index contributed by atoms with van der Waals surface area (Å²) < 4.78 is 55.4. The molecule has 0 heterocycles. The molecule has 0 N–H and O–H groups in total. The summed E-state index contributed by atoms with van der Waals surface area (Å²) >= 11 is 0. The molecule has 0 fully saturated rings. The Morgan fingerprint density at radius 3 is 2.12 bits per heavy atom. The molecule has 136 valence electrons. The van der Waals surface area contributed by atoms with Gasteiger partial charge in [0.05, 0.1) is 11.5 Å². The van der Waals surface area contributed by atoms with E-state index < -0.39 is 32.4 Å². The van der Waals surface area contributed by atoms with E-state index in [1.807, 2.05) is 0 Å². The number of rotatable bonds is 8. The first-order chi connectivity index (χ1) is 11.0. The molecular weight excluding hydrogens is 354 g/mol. The van der Waals surface area contributed by atoms with Gasteiger partial charge >= 0.3 is 5.97 Å². The predicted molar refractivity (Wildman–Crippen MR) is 89.8 cm³/mol. The number of hydrogen-bond acceptors (Lipinski definition) is 6. The lowest BCUT2D eigenvalue weighted by atomic mass is 10.2. The predicted octanol–water partition coefficient (Wildman–Crippen LogP) is 1.30. The van der Waals surface area contributed by atoms with Crippen molar-refractivity contribution < 1.29 is 26.4 Å². The van der Waals surface area contributed by atoms with Crippen LogP contribution in [-0.4, -0.2) is 53.1 Å². The van der Waals surface area contributed by atoms with Crippen LogP contribution in [-0.2, 0) is 29.4 Å². The molecule has 0 unspecified atom stereocenters. The van der Waals surface area contributed by atoms with Crippen LogP contribution in [0.15, 0.2) is 34.1 Å². The van der Waals surface area contributed by atoms with Crippen molar-refractivity contribution in [3.05, 3.63) is 24.3 Å². The standard InChI is InChI=1S/C15H23NO6S2/c1-5-22-15(17)11-16(10-12(2)3)24(20,21)14-9-7-6-8-13(14)23(4,18)19/h6-9,12H,5,10-11H2,1-4H3. The summed E-state index contributed by atoms with van der Waals surface area (Å²) in [6.07, 6.45) is 0.944. The van der Waals surface area contributed by atoms with E-state index >= 15 is 0 Å². The largest absolute Gasteiger partial charge is 0.465 e. The normalized spacial score (nSPS) is 12.6. The number of ether oxygens (including phenoxy) is 1. The fourth-order valence-electron chi connectivity index (χ4n) is 2.11. The minimum atomic E-state index is -4.17. The van der Waals surface area contributed by atoms with Crippen LogP contribution in [0.1, 0.15) is 20.8 Å². The molecule has 0 aromatic heterocycles. The second kappa shape index (κ2) is 8.09. The molecule has 24 heavy (non-hydrogen) atoms. The van der Waals surface area contributed by atoms with Crippen molar-refractivity contribution in [1.29, 1.82) is 0 Å². The average Bonchev–Trinajstić information content (AvgIpc) is 2.45. The summed E-state index contributed by atoms with van der Waals surface area (Å²) in [5, 5.41) is 0. The Morgan fingerprint density at radius 1 is 1.12 bits per heavy atom. The van der Waals surface area contributed by atoms with Gasteiger partial charge in [0, 0.05) is 12.8 Å². The lowest BCUT2D eigenvalue weighted by Gasteiger charge is -2.24. The Hall–Kier alpha value is -1.45. The minimum absolute atomic E-state index is 0.0559. The van der Waals surface area contributed by atoms with E-state index in [9.17, 15) is 21.6 Å². The maximum atomic E-state index is 12.9.